The van der Waals surface area contributed by atoms with E-state index in [-0.39, 0.29) is 24.4 Å². The number of aliphatic hydroxyl groups is 1. The quantitative estimate of drug-likeness (QED) is 0.632. The molecule has 0 atom stereocenters. The molecular weight excluding hydrogens is 278 g/mol. The smallest absolute Gasteiger partial charge is 0.323 e. The van der Waals surface area contributed by atoms with E-state index >= 15 is 0 Å². The molecule has 21 heavy (non-hydrogen) atoms. The summed E-state index contributed by atoms with van der Waals surface area (Å²) in [5.74, 6) is -0.300. The Balaban J connectivity index is 1.97. The SMILES string of the molecule is Cn1c(C(=O)N2CCC(OCCO)CC2)ccc1[N+](=O)[O-]. The predicted molar refractivity (Wildman–Crippen MR) is 74.0 cm³/mol. The lowest BCUT2D eigenvalue weighted by Gasteiger charge is -2.31. The molecule has 1 aliphatic heterocycles. The number of aliphatic hydroxyl groups excluding tert-OH is 1. The zero-order valence-corrected chi connectivity index (χ0v) is 11.9. The van der Waals surface area contributed by atoms with Gasteiger partial charge in [0, 0.05) is 19.2 Å². The number of nitro groups is 1. The Kier molecular flexibility index (Phi) is 4.92. The van der Waals surface area contributed by atoms with Crippen molar-refractivity contribution in [2.24, 2.45) is 7.05 Å². The summed E-state index contributed by atoms with van der Waals surface area (Å²) < 4.78 is 6.74. The minimum absolute atomic E-state index is 0.00778. The van der Waals surface area contributed by atoms with Gasteiger partial charge < -0.3 is 24.9 Å². The molecule has 0 radical (unpaired) electrons. The number of amides is 1. The molecule has 1 amide bonds. The number of ether oxygens (including phenoxy) is 1. The number of hydrogen-bond acceptors (Lipinski definition) is 5. The van der Waals surface area contributed by atoms with Crippen molar-refractivity contribution in [2.75, 3.05) is 26.3 Å². The predicted octanol–water partition coefficient (Wildman–Crippen LogP) is 0.547. The van der Waals surface area contributed by atoms with E-state index in [9.17, 15) is 14.9 Å². The number of carbonyl (C=O) groups excluding carboxylic acids is 1. The summed E-state index contributed by atoms with van der Waals surface area (Å²) in [6.45, 7) is 1.40. The third-order valence-electron chi connectivity index (χ3n) is 3.68. The minimum atomic E-state index is -0.508. The van der Waals surface area contributed by atoms with E-state index in [0.717, 1.165) is 0 Å². The van der Waals surface area contributed by atoms with Crippen LogP contribution in [0, 0.1) is 10.1 Å². The zero-order valence-electron chi connectivity index (χ0n) is 11.9. The van der Waals surface area contributed by atoms with Crippen LogP contribution in [-0.2, 0) is 11.8 Å². The molecule has 116 valence electrons. The molecule has 0 spiro atoms. The van der Waals surface area contributed by atoms with Gasteiger partial charge in [-0.05, 0) is 23.8 Å². The van der Waals surface area contributed by atoms with E-state index in [0.29, 0.717) is 38.2 Å². The van der Waals surface area contributed by atoms with Gasteiger partial charge in [-0.2, -0.15) is 0 Å². The van der Waals surface area contributed by atoms with Crippen molar-refractivity contribution in [1.82, 2.24) is 9.47 Å². The summed E-state index contributed by atoms with van der Waals surface area (Å²) in [6.07, 6.45) is 1.47. The fraction of sp³-hybridized carbons (Fsp3) is 0.615. The molecule has 1 saturated heterocycles. The normalized spacial score (nSPS) is 16.2. The van der Waals surface area contributed by atoms with Crippen LogP contribution in [0.25, 0.3) is 0 Å². The maximum atomic E-state index is 12.4. The second-order valence-electron chi connectivity index (χ2n) is 4.98. The van der Waals surface area contributed by atoms with Crippen LogP contribution in [0.5, 0.6) is 0 Å². The average Bonchev–Trinajstić information content (AvgIpc) is 2.87. The Morgan fingerprint density at radius 2 is 2.14 bits per heavy atom. The van der Waals surface area contributed by atoms with Crippen LogP contribution in [-0.4, -0.2) is 57.8 Å². The highest BCUT2D eigenvalue weighted by atomic mass is 16.6. The van der Waals surface area contributed by atoms with Gasteiger partial charge in [0.25, 0.3) is 5.91 Å². The van der Waals surface area contributed by atoms with Gasteiger partial charge in [0.15, 0.2) is 5.69 Å². The van der Waals surface area contributed by atoms with Crippen molar-refractivity contribution < 1.29 is 19.6 Å². The number of nitrogens with zero attached hydrogens (tertiary/aromatic N) is 3. The number of piperidine rings is 1. The summed E-state index contributed by atoms with van der Waals surface area (Å²) in [5, 5.41) is 19.5. The van der Waals surface area contributed by atoms with Crippen LogP contribution in [0.15, 0.2) is 12.1 Å². The van der Waals surface area contributed by atoms with E-state index in [1.54, 1.807) is 4.90 Å². The molecule has 0 aromatic carbocycles. The topological polar surface area (TPSA) is 97.8 Å². The Hall–Kier alpha value is -1.93. The first-order chi connectivity index (χ1) is 10.0. The van der Waals surface area contributed by atoms with Crippen LogP contribution < -0.4 is 0 Å². The van der Waals surface area contributed by atoms with Crippen LogP contribution >= 0.6 is 0 Å². The van der Waals surface area contributed by atoms with Crippen molar-refractivity contribution >= 4 is 11.7 Å². The maximum Gasteiger partial charge on any atom is 0.323 e. The first-order valence-corrected chi connectivity index (χ1v) is 6.86. The monoisotopic (exact) mass is 297 g/mol. The van der Waals surface area contributed by atoms with Crippen molar-refractivity contribution in [3.8, 4) is 0 Å². The fourth-order valence-corrected chi connectivity index (χ4v) is 2.51. The maximum absolute atomic E-state index is 12.4. The highest BCUT2D eigenvalue weighted by Gasteiger charge is 2.28. The van der Waals surface area contributed by atoms with Crippen molar-refractivity contribution in [1.29, 1.82) is 0 Å². The average molecular weight is 297 g/mol. The van der Waals surface area contributed by atoms with E-state index in [1.165, 1.54) is 23.7 Å². The van der Waals surface area contributed by atoms with Gasteiger partial charge in [0.05, 0.1) is 26.4 Å². The molecule has 0 saturated carbocycles. The van der Waals surface area contributed by atoms with Crippen molar-refractivity contribution in [3.05, 3.63) is 27.9 Å². The number of hydrogen-bond donors (Lipinski definition) is 1. The molecule has 0 bridgehead atoms. The highest BCUT2D eigenvalue weighted by Crippen LogP contribution is 2.20. The Bertz CT molecular complexity index is 520. The minimum Gasteiger partial charge on any atom is -0.394 e. The molecule has 0 aliphatic carbocycles. The molecule has 8 heteroatoms. The van der Waals surface area contributed by atoms with Gasteiger partial charge in [0.1, 0.15) is 0 Å². The number of aromatic nitrogens is 1. The van der Waals surface area contributed by atoms with Crippen molar-refractivity contribution in [3.63, 3.8) is 0 Å². The molecule has 1 aromatic heterocycles. The van der Waals surface area contributed by atoms with Gasteiger partial charge in [-0.15, -0.1) is 0 Å². The third-order valence-corrected chi connectivity index (χ3v) is 3.68. The number of rotatable bonds is 5. The summed E-state index contributed by atoms with van der Waals surface area (Å²) in [4.78, 5) is 24.3. The zero-order chi connectivity index (χ0) is 15.4. The van der Waals surface area contributed by atoms with Gasteiger partial charge in [0.2, 0.25) is 0 Å². The molecule has 0 unspecified atom stereocenters. The second-order valence-corrected chi connectivity index (χ2v) is 4.98. The Morgan fingerprint density at radius 1 is 1.48 bits per heavy atom. The molecule has 2 heterocycles. The lowest BCUT2D eigenvalue weighted by Crippen LogP contribution is -2.41. The van der Waals surface area contributed by atoms with Crippen LogP contribution in [0.3, 0.4) is 0 Å². The Morgan fingerprint density at radius 3 is 2.67 bits per heavy atom. The van der Waals surface area contributed by atoms with Gasteiger partial charge in [-0.3, -0.25) is 4.79 Å². The van der Waals surface area contributed by atoms with E-state index in [2.05, 4.69) is 0 Å². The number of carbonyl (C=O) groups is 1. The molecule has 1 aromatic rings. The largest absolute Gasteiger partial charge is 0.394 e. The van der Waals surface area contributed by atoms with E-state index in [4.69, 9.17) is 9.84 Å². The molecule has 8 nitrogen and oxygen atoms in total. The molecule has 1 fully saturated rings. The number of likely N-dealkylation sites (tertiary alicyclic amines) is 1. The van der Waals surface area contributed by atoms with Gasteiger partial charge in [-0.1, -0.05) is 0 Å². The fourth-order valence-electron chi connectivity index (χ4n) is 2.51. The molecule has 2 rings (SSSR count). The molecule has 1 aliphatic rings. The van der Waals surface area contributed by atoms with Crippen molar-refractivity contribution in [2.45, 2.75) is 18.9 Å². The highest BCUT2D eigenvalue weighted by molar-refractivity contribution is 5.93. The summed E-state index contributed by atoms with van der Waals surface area (Å²) >= 11 is 0. The van der Waals surface area contributed by atoms with Gasteiger partial charge in [-0.25, -0.2) is 4.57 Å². The summed E-state index contributed by atoms with van der Waals surface area (Å²) in [7, 11) is 1.52. The lowest BCUT2D eigenvalue weighted by atomic mass is 10.1. The third kappa shape index (κ3) is 3.40. The first kappa shape index (κ1) is 15.5. The standard InChI is InChI=1S/C13H19N3O5/c1-14-11(2-3-12(14)16(19)20)13(18)15-6-4-10(5-7-15)21-9-8-17/h2-3,10,17H,4-9H2,1H3. The van der Waals surface area contributed by atoms with Crippen LogP contribution in [0.1, 0.15) is 23.3 Å². The summed E-state index contributed by atoms with van der Waals surface area (Å²) in [5.41, 5.74) is 0.316. The second kappa shape index (κ2) is 6.68. The summed E-state index contributed by atoms with van der Waals surface area (Å²) in [6, 6.07) is 2.82. The molecular formula is C13H19N3O5. The van der Waals surface area contributed by atoms with E-state index < -0.39 is 4.92 Å². The van der Waals surface area contributed by atoms with E-state index in [1.807, 2.05) is 0 Å². The van der Waals surface area contributed by atoms with Crippen LogP contribution in [0.2, 0.25) is 0 Å². The van der Waals surface area contributed by atoms with Crippen LogP contribution in [0.4, 0.5) is 5.82 Å². The first-order valence-electron chi connectivity index (χ1n) is 6.86. The molecule has 1 N–H and O–H groups in total. The Labute approximate surface area is 122 Å². The van der Waals surface area contributed by atoms with Gasteiger partial charge >= 0.3 is 5.82 Å². The lowest BCUT2D eigenvalue weighted by molar-refractivity contribution is -0.391.